The first kappa shape index (κ1) is 11.3. The van der Waals surface area contributed by atoms with Crippen LogP contribution in [0.15, 0.2) is 36.5 Å². The van der Waals surface area contributed by atoms with Crippen molar-refractivity contribution in [3.05, 3.63) is 58.9 Å². The second-order valence-corrected chi connectivity index (χ2v) is 5.95. The third-order valence-electron chi connectivity index (χ3n) is 4.81. The van der Waals surface area contributed by atoms with Crippen LogP contribution in [0.2, 0.25) is 0 Å². The average Bonchev–Trinajstić information content (AvgIpc) is 3.02. The van der Waals surface area contributed by atoms with E-state index in [-0.39, 0.29) is 6.04 Å². The first-order chi connectivity index (χ1) is 9.33. The van der Waals surface area contributed by atoms with E-state index in [4.69, 9.17) is 5.73 Å². The van der Waals surface area contributed by atoms with Crippen molar-refractivity contribution in [1.82, 2.24) is 4.57 Å². The Hall–Kier alpha value is -1.54. The fourth-order valence-electron chi connectivity index (χ4n) is 3.83. The summed E-state index contributed by atoms with van der Waals surface area (Å²) in [5.41, 5.74) is 12.2. The van der Waals surface area contributed by atoms with E-state index in [2.05, 4.69) is 41.1 Å². The van der Waals surface area contributed by atoms with Crippen LogP contribution in [0.3, 0.4) is 0 Å². The molecule has 1 atom stereocenters. The lowest BCUT2D eigenvalue weighted by Crippen LogP contribution is -2.20. The van der Waals surface area contributed by atoms with Gasteiger partial charge in [0.05, 0.1) is 0 Å². The maximum Gasteiger partial charge on any atom is 0.0414 e. The number of rotatable bonds is 1. The summed E-state index contributed by atoms with van der Waals surface area (Å²) in [7, 11) is 0. The highest BCUT2D eigenvalue weighted by Crippen LogP contribution is 2.35. The molecule has 19 heavy (non-hydrogen) atoms. The molecule has 1 aromatic heterocycles. The van der Waals surface area contributed by atoms with Crippen molar-refractivity contribution in [3.8, 4) is 0 Å². The number of hydrogen-bond donors (Lipinski definition) is 1. The zero-order chi connectivity index (χ0) is 12.8. The van der Waals surface area contributed by atoms with Gasteiger partial charge in [0, 0.05) is 24.0 Å². The molecule has 0 saturated carbocycles. The van der Waals surface area contributed by atoms with Gasteiger partial charge in [-0.25, -0.2) is 0 Å². The van der Waals surface area contributed by atoms with Crippen LogP contribution in [0.4, 0.5) is 0 Å². The van der Waals surface area contributed by atoms with E-state index < -0.39 is 0 Å². The molecule has 98 valence electrons. The molecule has 0 fully saturated rings. The van der Waals surface area contributed by atoms with Crippen molar-refractivity contribution in [2.24, 2.45) is 5.73 Å². The Balaban J connectivity index is 1.69. The highest BCUT2D eigenvalue weighted by atomic mass is 15.0. The van der Waals surface area contributed by atoms with Crippen LogP contribution in [0.25, 0.3) is 0 Å². The zero-order valence-electron chi connectivity index (χ0n) is 11.2. The van der Waals surface area contributed by atoms with Gasteiger partial charge in [0.1, 0.15) is 0 Å². The molecule has 1 unspecified atom stereocenters. The van der Waals surface area contributed by atoms with Gasteiger partial charge in [-0.15, -0.1) is 0 Å². The summed E-state index contributed by atoms with van der Waals surface area (Å²) < 4.78 is 2.51. The van der Waals surface area contributed by atoms with Gasteiger partial charge in [0.25, 0.3) is 0 Å². The SMILES string of the molecule is NC1CCCc2c1ccn2C1Cc2ccccc2C1. The van der Waals surface area contributed by atoms with Crippen molar-refractivity contribution in [3.63, 3.8) is 0 Å². The molecule has 2 heteroatoms. The van der Waals surface area contributed by atoms with E-state index in [9.17, 15) is 0 Å². The number of aromatic nitrogens is 1. The molecule has 2 aliphatic carbocycles. The molecule has 1 heterocycles. The summed E-state index contributed by atoms with van der Waals surface area (Å²) in [5, 5.41) is 0. The summed E-state index contributed by atoms with van der Waals surface area (Å²) in [6, 6.07) is 12.0. The first-order valence-corrected chi connectivity index (χ1v) is 7.35. The average molecular weight is 252 g/mol. The molecule has 1 aromatic carbocycles. The van der Waals surface area contributed by atoms with Gasteiger partial charge in [-0.3, -0.25) is 0 Å². The third-order valence-corrected chi connectivity index (χ3v) is 4.81. The monoisotopic (exact) mass is 252 g/mol. The molecule has 0 bridgehead atoms. The second kappa shape index (κ2) is 4.24. The normalized spacial score (nSPS) is 22.3. The Kier molecular flexibility index (Phi) is 2.52. The summed E-state index contributed by atoms with van der Waals surface area (Å²) >= 11 is 0. The number of fused-ring (bicyclic) bond motifs is 2. The van der Waals surface area contributed by atoms with Crippen molar-refractivity contribution < 1.29 is 0 Å². The quantitative estimate of drug-likeness (QED) is 0.830. The van der Waals surface area contributed by atoms with Gasteiger partial charge in [-0.05, 0) is 54.9 Å². The Morgan fingerprint density at radius 2 is 1.79 bits per heavy atom. The number of hydrogen-bond acceptors (Lipinski definition) is 1. The standard InChI is InChI=1S/C17H20N2/c18-16-6-3-7-17-15(16)8-9-19(17)14-10-12-4-1-2-5-13(12)11-14/h1-2,4-5,8-9,14,16H,3,6-7,10-11,18H2. The highest BCUT2D eigenvalue weighted by Gasteiger charge is 2.27. The first-order valence-electron chi connectivity index (χ1n) is 7.35. The third kappa shape index (κ3) is 1.74. The van der Waals surface area contributed by atoms with E-state index in [0.29, 0.717) is 6.04 Å². The summed E-state index contributed by atoms with van der Waals surface area (Å²) in [4.78, 5) is 0. The molecule has 0 amide bonds. The largest absolute Gasteiger partial charge is 0.347 e. The minimum Gasteiger partial charge on any atom is -0.347 e. The Bertz CT molecular complexity index is 586. The van der Waals surface area contributed by atoms with Gasteiger partial charge in [-0.1, -0.05) is 24.3 Å². The van der Waals surface area contributed by atoms with Crippen molar-refractivity contribution in [1.29, 1.82) is 0 Å². The van der Waals surface area contributed by atoms with Gasteiger partial charge >= 0.3 is 0 Å². The van der Waals surface area contributed by atoms with Gasteiger partial charge in [0.15, 0.2) is 0 Å². The lowest BCUT2D eigenvalue weighted by molar-refractivity contribution is 0.481. The molecule has 2 N–H and O–H groups in total. The number of benzene rings is 1. The molecule has 2 aliphatic rings. The Labute approximate surface area is 114 Å². The van der Waals surface area contributed by atoms with Crippen LogP contribution in [0, 0.1) is 0 Å². The topological polar surface area (TPSA) is 30.9 Å². The molecule has 0 spiro atoms. The fourth-order valence-corrected chi connectivity index (χ4v) is 3.83. The summed E-state index contributed by atoms with van der Waals surface area (Å²) in [5.74, 6) is 0. The lowest BCUT2D eigenvalue weighted by Gasteiger charge is -2.23. The van der Waals surface area contributed by atoms with Gasteiger partial charge < -0.3 is 10.3 Å². The van der Waals surface area contributed by atoms with Crippen LogP contribution in [-0.4, -0.2) is 4.57 Å². The van der Waals surface area contributed by atoms with Crippen molar-refractivity contribution >= 4 is 0 Å². The molecular weight excluding hydrogens is 232 g/mol. The van der Waals surface area contributed by atoms with Crippen LogP contribution in [0.5, 0.6) is 0 Å². The molecule has 2 nitrogen and oxygen atoms in total. The van der Waals surface area contributed by atoms with E-state index in [0.717, 1.165) is 6.42 Å². The van der Waals surface area contributed by atoms with E-state index in [1.54, 1.807) is 0 Å². The van der Waals surface area contributed by atoms with Crippen LogP contribution >= 0.6 is 0 Å². The predicted octanol–water partition coefficient (Wildman–Crippen LogP) is 3.16. The molecule has 0 aliphatic heterocycles. The smallest absolute Gasteiger partial charge is 0.0414 e. The highest BCUT2D eigenvalue weighted by molar-refractivity contribution is 5.35. The van der Waals surface area contributed by atoms with E-state index in [1.807, 2.05) is 0 Å². The minimum atomic E-state index is 0.258. The van der Waals surface area contributed by atoms with Crippen LogP contribution in [-0.2, 0) is 19.3 Å². The second-order valence-electron chi connectivity index (χ2n) is 5.95. The van der Waals surface area contributed by atoms with Crippen molar-refractivity contribution in [2.75, 3.05) is 0 Å². The predicted molar refractivity (Wildman–Crippen MR) is 77.2 cm³/mol. The maximum atomic E-state index is 6.23. The molecule has 4 rings (SSSR count). The molecule has 2 aromatic rings. The fraction of sp³-hybridized carbons (Fsp3) is 0.412. The maximum absolute atomic E-state index is 6.23. The summed E-state index contributed by atoms with van der Waals surface area (Å²) in [6.07, 6.45) is 8.19. The molecular formula is C17H20N2. The molecule has 0 radical (unpaired) electrons. The van der Waals surface area contributed by atoms with E-state index in [1.165, 1.54) is 48.1 Å². The summed E-state index contributed by atoms with van der Waals surface area (Å²) in [6.45, 7) is 0. The van der Waals surface area contributed by atoms with Crippen LogP contribution in [0.1, 0.15) is 47.3 Å². The van der Waals surface area contributed by atoms with Gasteiger partial charge in [-0.2, -0.15) is 0 Å². The van der Waals surface area contributed by atoms with Gasteiger partial charge in [0.2, 0.25) is 0 Å². The van der Waals surface area contributed by atoms with Crippen LogP contribution < -0.4 is 5.73 Å². The zero-order valence-corrected chi connectivity index (χ0v) is 11.2. The van der Waals surface area contributed by atoms with E-state index >= 15 is 0 Å². The Morgan fingerprint density at radius 1 is 1.05 bits per heavy atom. The van der Waals surface area contributed by atoms with Crippen molar-refractivity contribution in [2.45, 2.75) is 44.2 Å². The lowest BCUT2D eigenvalue weighted by atomic mass is 9.93. The number of nitrogens with two attached hydrogens (primary N) is 1. The minimum absolute atomic E-state index is 0.258. The number of nitrogens with zero attached hydrogens (tertiary/aromatic N) is 1. The Morgan fingerprint density at radius 3 is 2.53 bits per heavy atom. The molecule has 0 saturated heterocycles.